The highest BCUT2D eigenvalue weighted by Crippen LogP contribution is 2.15. The third kappa shape index (κ3) is 5.17. The smallest absolute Gasteiger partial charge is 0.251 e. The van der Waals surface area contributed by atoms with Crippen molar-refractivity contribution in [2.75, 3.05) is 11.1 Å². The summed E-state index contributed by atoms with van der Waals surface area (Å²) >= 11 is 1.28. The van der Waals surface area contributed by atoms with Crippen LogP contribution in [0.15, 0.2) is 60.0 Å². The molecule has 0 aliphatic carbocycles. The van der Waals surface area contributed by atoms with Crippen LogP contribution in [0.1, 0.15) is 15.9 Å². The molecular weight excluding hydrogens is 381 g/mol. The van der Waals surface area contributed by atoms with Crippen LogP contribution >= 0.6 is 11.8 Å². The number of aryl methyl sites for hydroxylation is 1. The standard InChI is InChI=1S/C19H18FN5O2S/c1-25-12-22-24-19(25)28-11-17(26)23-15-8-6-13(7-9-15)18(27)21-10-14-4-2-3-5-16(14)20/h2-9,12H,10-11H2,1H3,(H,21,27)(H,23,26). The van der Waals surface area contributed by atoms with Gasteiger partial charge in [0.15, 0.2) is 5.16 Å². The largest absolute Gasteiger partial charge is 0.348 e. The first kappa shape index (κ1) is 19.6. The molecule has 0 fully saturated rings. The van der Waals surface area contributed by atoms with E-state index in [-0.39, 0.29) is 29.9 Å². The van der Waals surface area contributed by atoms with Crippen LogP contribution in [-0.4, -0.2) is 32.3 Å². The molecule has 7 nitrogen and oxygen atoms in total. The van der Waals surface area contributed by atoms with Gasteiger partial charge in [-0.15, -0.1) is 10.2 Å². The van der Waals surface area contributed by atoms with Gasteiger partial charge in [-0.1, -0.05) is 30.0 Å². The van der Waals surface area contributed by atoms with Gasteiger partial charge in [0.2, 0.25) is 5.91 Å². The maximum absolute atomic E-state index is 13.6. The van der Waals surface area contributed by atoms with Gasteiger partial charge in [0, 0.05) is 30.4 Å². The van der Waals surface area contributed by atoms with Crippen LogP contribution in [0.5, 0.6) is 0 Å². The second kappa shape index (κ2) is 9.14. The fraction of sp³-hybridized carbons (Fsp3) is 0.158. The zero-order chi connectivity index (χ0) is 19.9. The van der Waals surface area contributed by atoms with Crippen LogP contribution in [0.2, 0.25) is 0 Å². The highest BCUT2D eigenvalue weighted by Gasteiger charge is 2.10. The zero-order valence-corrected chi connectivity index (χ0v) is 15.9. The summed E-state index contributed by atoms with van der Waals surface area (Å²) in [7, 11) is 1.80. The van der Waals surface area contributed by atoms with Crippen molar-refractivity contribution in [2.24, 2.45) is 7.05 Å². The van der Waals surface area contributed by atoms with Crippen LogP contribution in [0.4, 0.5) is 10.1 Å². The van der Waals surface area contributed by atoms with E-state index in [1.54, 1.807) is 60.4 Å². The van der Waals surface area contributed by atoms with Crippen molar-refractivity contribution in [1.82, 2.24) is 20.1 Å². The summed E-state index contributed by atoms with van der Waals surface area (Å²) in [6.07, 6.45) is 1.57. The summed E-state index contributed by atoms with van der Waals surface area (Å²) in [4.78, 5) is 24.2. The molecule has 0 spiro atoms. The quantitative estimate of drug-likeness (QED) is 0.596. The van der Waals surface area contributed by atoms with Gasteiger partial charge in [-0.05, 0) is 30.3 Å². The summed E-state index contributed by atoms with van der Waals surface area (Å²) in [6, 6.07) is 12.8. The molecule has 9 heteroatoms. The van der Waals surface area contributed by atoms with E-state index < -0.39 is 0 Å². The van der Waals surface area contributed by atoms with Gasteiger partial charge >= 0.3 is 0 Å². The minimum atomic E-state index is -0.361. The van der Waals surface area contributed by atoms with Crippen LogP contribution in [0.25, 0.3) is 0 Å². The molecule has 3 rings (SSSR count). The van der Waals surface area contributed by atoms with E-state index >= 15 is 0 Å². The molecular formula is C19H18FN5O2S. The zero-order valence-electron chi connectivity index (χ0n) is 15.1. The Kier molecular flexibility index (Phi) is 6.38. The lowest BCUT2D eigenvalue weighted by atomic mass is 10.1. The Balaban J connectivity index is 1.50. The Labute approximate surface area is 165 Å². The second-order valence-corrected chi connectivity index (χ2v) is 6.86. The number of nitrogens with zero attached hydrogens (tertiary/aromatic N) is 3. The maximum atomic E-state index is 13.6. The van der Waals surface area contributed by atoms with E-state index in [9.17, 15) is 14.0 Å². The highest BCUT2D eigenvalue weighted by molar-refractivity contribution is 7.99. The Morgan fingerprint density at radius 3 is 2.57 bits per heavy atom. The van der Waals surface area contributed by atoms with Crippen molar-refractivity contribution < 1.29 is 14.0 Å². The monoisotopic (exact) mass is 399 g/mol. The molecule has 0 aliphatic rings. The highest BCUT2D eigenvalue weighted by atomic mass is 32.2. The second-order valence-electron chi connectivity index (χ2n) is 5.91. The van der Waals surface area contributed by atoms with Crippen LogP contribution < -0.4 is 10.6 Å². The molecule has 3 aromatic rings. The number of carbonyl (C=O) groups is 2. The lowest BCUT2D eigenvalue weighted by Gasteiger charge is -2.08. The van der Waals surface area contributed by atoms with Crippen molar-refractivity contribution in [3.8, 4) is 0 Å². The third-order valence-electron chi connectivity index (χ3n) is 3.83. The van der Waals surface area contributed by atoms with Gasteiger partial charge in [0.25, 0.3) is 5.91 Å². The predicted molar refractivity (Wildman–Crippen MR) is 104 cm³/mol. The minimum Gasteiger partial charge on any atom is -0.348 e. The number of thioether (sulfide) groups is 1. The number of carbonyl (C=O) groups excluding carboxylic acids is 2. The fourth-order valence-corrected chi connectivity index (χ4v) is 3.04. The number of rotatable bonds is 7. The number of halogens is 1. The normalized spacial score (nSPS) is 10.5. The average Bonchev–Trinajstić information content (AvgIpc) is 3.11. The first-order chi connectivity index (χ1) is 13.5. The molecule has 0 aliphatic heterocycles. The Hall–Kier alpha value is -3.20. The maximum Gasteiger partial charge on any atom is 0.251 e. The summed E-state index contributed by atoms with van der Waals surface area (Å²) in [5.41, 5.74) is 1.41. The molecule has 2 aromatic carbocycles. The van der Waals surface area contributed by atoms with Crippen LogP contribution in [0, 0.1) is 5.82 Å². The fourth-order valence-electron chi connectivity index (χ4n) is 2.35. The number of benzene rings is 2. The number of hydrogen-bond donors (Lipinski definition) is 2. The van der Waals surface area contributed by atoms with Gasteiger partial charge in [0.1, 0.15) is 12.1 Å². The topological polar surface area (TPSA) is 88.9 Å². The van der Waals surface area contributed by atoms with Crippen molar-refractivity contribution >= 4 is 29.3 Å². The number of hydrogen-bond acceptors (Lipinski definition) is 5. The third-order valence-corrected chi connectivity index (χ3v) is 4.86. The molecule has 0 saturated carbocycles. The molecule has 28 heavy (non-hydrogen) atoms. The Morgan fingerprint density at radius 1 is 1.14 bits per heavy atom. The number of anilines is 1. The van der Waals surface area contributed by atoms with Gasteiger partial charge < -0.3 is 15.2 Å². The molecule has 0 unspecified atom stereocenters. The SMILES string of the molecule is Cn1cnnc1SCC(=O)Nc1ccc(C(=O)NCc2ccccc2F)cc1. The average molecular weight is 399 g/mol. The molecule has 2 amide bonds. The van der Waals surface area contributed by atoms with Gasteiger partial charge in [-0.25, -0.2) is 4.39 Å². The van der Waals surface area contributed by atoms with Crippen molar-refractivity contribution in [1.29, 1.82) is 0 Å². The van der Waals surface area contributed by atoms with E-state index in [2.05, 4.69) is 20.8 Å². The van der Waals surface area contributed by atoms with Gasteiger partial charge in [-0.3, -0.25) is 9.59 Å². The number of aromatic nitrogens is 3. The summed E-state index contributed by atoms with van der Waals surface area (Å²) in [5, 5.41) is 13.7. The summed E-state index contributed by atoms with van der Waals surface area (Å²) in [5.74, 6) is -0.680. The predicted octanol–water partition coefficient (Wildman–Crippen LogP) is 2.62. The molecule has 0 saturated heterocycles. The summed E-state index contributed by atoms with van der Waals surface area (Å²) < 4.78 is 15.3. The molecule has 1 aromatic heterocycles. The van der Waals surface area contributed by atoms with E-state index in [1.807, 2.05) is 0 Å². The Bertz CT molecular complexity index is 974. The van der Waals surface area contributed by atoms with Crippen molar-refractivity contribution in [2.45, 2.75) is 11.7 Å². The minimum absolute atomic E-state index is 0.100. The lowest BCUT2D eigenvalue weighted by Crippen LogP contribution is -2.23. The van der Waals surface area contributed by atoms with E-state index in [0.717, 1.165) is 0 Å². The van der Waals surface area contributed by atoms with Gasteiger partial charge in [-0.2, -0.15) is 0 Å². The summed E-state index contributed by atoms with van der Waals surface area (Å²) in [6.45, 7) is 0.100. The van der Waals surface area contributed by atoms with Crippen LogP contribution in [-0.2, 0) is 18.4 Å². The molecule has 0 bridgehead atoms. The Morgan fingerprint density at radius 2 is 1.89 bits per heavy atom. The number of amides is 2. The molecule has 0 radical (unpaired) electrons. The first-order valence-electron chi connectivity index (χ1n) is 8.41. The molecule has 144 valence electrons. The van der Waals surface area contributed by atoms with Crippen molar-refractivity contribution in [3.05, 3.63) is 71.8 Å². The van der Waals surface area contributed by atoms with Crippen molar-refractivity contribution in [3.63, 3.8) is 0 Å². The molecule has 1 heterocycles. The number of nitrogens with one attached hydrogen (secondary N) is 2. The molecule has 2 N–H and O–H groups in total. The first-order valence-corrected chi connectivity index (χ1v) is 9.40. The van der Waals surface area contributed by atoms with E-state index in [4.69, 9.17) is 0 Å². The van der Waals surface area contributed by atoms with E-state index in [1.165, 1.54) is 17.8 Å². The lowest BCUT2D eigenvalue weighted by molar-refractivity contribution is -0.113. The van der Waals surface area contributed by atoms with E-state index in [0.29, 0.717) is 22.0 Å². The van der Waals surface area contributed by atoms with Gasteiger partial charge in [0.05, 0.1) is 5.75 Å². The van der Waals surface area contributed by atoms with Crippen LogP contribution in [0.3, 0.4) is 0 Å². The molecule has 0 atom stereocenters.